The number of amides is 3. The summed E-state index contributed by atoms with van der Waals surface area (Å²) < 4.78 is 5.29. The predicted molar refractivity (Wildman–Crippen MR) is 124 cm³/mol. The fraction of sp³-hybridized carbons (Fsp3) is 0.375. The Morgan fingerprint density at radius 3 is 2.28 bits per heavy atom. The number of carbonyl (C=O) groups is 3. The maximum absolute atomic E-state index is 12.6. The van der Waals surface area contributed by atoms with Gasteiger partial charge in [0, 0.05) is 48.7 Å². The van der Waals surface area contributed by atoms with Gasteiger partial charge in [-0.2, -0.15) is 0 Å². The van der Waals surface area contributed by atoms with Crippen molar-refractivity contribution in [3.05, 3.63) is 59.7 Å². The van der Waals surface area contributed by atoms with Crippen molar-refractivity contribution >= 4 is 29.1 Å². The highest BCUT2D eigenvalue weighted by atomic mass is 16.5. The van der Waals surface area contributed by atoms with Crippen molar-refractivity contribution in [2.45, 2.75) is 13.8 Å². The normalized spacial score (nSPS) is 13.4. The summed E-state index contributed by atoms with van der Waals surface area (Å²) in [4.78, 5) is 40.9. The van der Waals surface area contributed by atoms with Gasteiger partial charge in [0.05, 0.1) is 19.8 Å². The van der Waals surface area contributed by atoms with Gasteiger partial charge in [0.1, 0.15) is 0 Å². The molecule has 1 aliphatic heterocycles. The highest BCUT2D eigenvalue weighted by Crippen LogP contribution is 2.15. The minimum atomic E-state index is -0.232. The highest BCUT2D eigenvalue weighted by Gasteiger charge is 2.19. The van der Waals surface area contributed by atoms with E-state index < -0.39 is 0 Å². The van der Waals surface area contributed by atoms with E-state index in [1.54, 1.807) is 58.3 Å². The van der Waals surface area contributed by atoms with Gasteiger partial charge in [0.25, 0.3) is 11.8 Å². The second-order valence-corrected chi connectivity index (χ2v) is 7.44. The summed E-state index contributed by atoms with van der Waals surface area (Å²) in [5.74, 6) is -0.308. The molecule has 0 unspecified atom stereocenters. The minimum absolute atomic E-state index is 0.00852. The summed E-state index contributed by atoms with van der Waals surface area (Å²) in [6, 6.07) is 14.0. The van der Waals surface area contributed by atoms with Crippen molar-refractivity contribution in [3.8, 4) is 0 Å². The largest absolute Gasteiger partial charge is 0.378 e. The van der Waals surface area contributed by atoms with E-state index in [9.17, 15) is 14.4 Å². The molecule has 8 nitrogen and oxygen atoms in total. The zero-order valence-corrected chi connectivity index (χ0v) is 18.6. The van der Waals surface area contributed by atoms with Gasteiger partial charge in [-0.05, 0) is 56.3 Å². The molecule has 1 aliphatic rings. The summed E-state index contributed by atoms with van der Waals surface area (Å²) in [7, 11) is 0. The number of rotatable bonds is 8. The fourth-order valence-electron chi connectivity index (χ4n) is 3.49. The van der Waals surface area contributed by atoms with Crippen LogP contribution < -0.4 is 10.6 Å². The van der Waals surface area contributed by atoms with Crippen LogP contribution in [0.15, 0.2) is 48.5 Å². The summed E-state index contributed by atoms with van der Waals surface area (Å²) >= 11 is 0. The van der Waals surface area contributed by atoms with Crippen LogP contribution in [0.25, 0.3) is 0 Å². The number of hydrogen-bond donors (Lipinski definition) is 2. The number of carbonyl (C=O) groups excluding carboxylic acids is 3. The van der Waals surface area contributed by atoms with Crippen molar-refractivity contribution < 1.29 is 19.1 Å². The molecule has 0 aromatic heterocycles. The number of benzene rings is 2. The molecule has 3 amide bonds. The molecule has 2 aromatic carbocycles. The van der Waals surface area contributed by atoms with E-state index in [4.69, 9.17) is 4.74 Å². The van der Waals surface area contributed by atoms with Crippen LogP contribution in [-0.2, 0) is 9.53 Å². The molecule has 0 spiro atoms. The number of nitrogens with one attached hydrogen (secondary N) is 2. The summed E-state index contributed by atoms with van der Waals surface area (Å²) in [6.07, 6.45) is 0. The van der Waals surface area contributed by atoms with Crippen molar-refractivity contribution in [2.24, 2.45) is 0 Å². The Labute approximate surface area is 188 Å². The van der Waals surface area contributed by atoms with Crippen molar-refractivity contribution in [1.82, 2.24) is 9.80 Å². The van der Waals surface area contributed by atoms with E-state index in [0.29, 0.717) is 56.2 Å². The van der Waals surface area contributed by atoms with Crippen LogP contribution in [0.4, 0.5) is 11.4 Å². The Morgan fingerprint density at radius 2 is 1.62 bits per heavy atom. The van der Waals surface area contributed by atoms with Crippen LogP contribution in [0.1, 0.15) is 34.6 Å². The van der Waals surface area contributed by atoms with Crippen LogP contribution in [0, 0.1) is 0 Å². The van der Waals surface area contributed by atoms with E-state index >= 15 is 0 Å². The van der Waals surface area contributed by atoms with E-state index in [1.165, 1.54) is 0 Å². The van der Waals surface area contributed by atoms with E-state index in [2.05, 4.69) is 10.6 Å². The molecule has 0 atom stereocenters. The molecule has 1 fully saturated rings. The van der Waals surface area contributed by atoms with E-state index in [0.717, 1.165) is 5.69 Å². The zero-order chi connectivity index (χ0) is 22.9. The molecule has 170 valence electrons. The molecule has 2 aromatic rings. The van der Waals surface area contributed by atoms with Gasteiger partial charge in [-0.3, -0.25) is 14.4 Å². The Balaban J connectivity index is 1.53. The minimum Gasteiger partial charge on any atom is -0.378 e. The lowest BCUT2D eigenvalue weighted by Crippen LogP contribution is -2.40. The summed E-state index contributed by atoms with van der Waals surface area (Å²) in [5, 5.41) is 5.86. The molecule has 0 radical (unpaired) electrons. The van der Waals surface area contributed by atoms with Crippen LogP contribution in [0.5, 0.6) is 0 Å². The molecule has 0 aliphatic carbocycles. The summed E-state index contributed by atoms with van der Waals surface area (Å²) in [6.45, 7) is 7.50. The Hall–Kier alpha value is -3.39. The summed E-state index contributed by atoms with van der Waals surface area (Å²) in [5.41, 5.74) is 2.46. The SMILES string of the molecule is CCN(CC)C(=O)c1ccc(NCC(=O)Nc2cccc(C(=O)N3CCOCC3)c2)cc1. The topological polar surface area (TPSA) is 91.0 Å². The van der Waals surface area contributed by atoms with Gasteiger partial charge in [0.2, 0.25) is 5.91 Å². The first-order chi connectivity index (χ1) is 15.5. The molecule has 8 heteroatoms. The number of hydrogen-bond acceptors (Lipinski definition) is 5. The predicted octanol–water partition coefficient (Wildman–Crippen LogP) is 2.69. The van der Waals surface area contributed by atoms with Gasteiger partial charge < -0.3 is 25.2 Å². The van der Waals surface area contributed by atoms with Crippen LogP contribution in [-0.4, -0.2) is 73.5 Å². The van der Waals surface area contributed by atoms with E-state index in [-0.39, 0.29) is 24.3 Å². The van der Waals surface area contributed by atoms with Crippen LogP contribution in [0.2, 0.25) is 0 Å². The third-order valence-electron chi connectivity index (χ3n) is 5.33. The molecule has 1 heterocycles. The monoisotopic (exact) mass is 438 g/mol. The van der Waals surface area contributed by atoms with Crippen molar-refractivity contribution in [2.75, 3.05) is 56.6 Å². The molecule has 1 saturated heterocycles. The number of anilines is 2. The zero-order valence-electron chi connectivity index (χ0n) is 18.6. The molecule has 3 rings (SSSR count). The lowest BCUT2D eigenvalue weighted by Gasteiger charge is -2.27. The molecule has 2 N–H and O–H groups in total. The van der Waals surface area contributed by atoms with Crippen LogP contribution in [0.3, 0.4) is 0 Å². The fourth-order valence-corrected chi connectivity index (χ4v) is 3.49. The standard InChI is InChI=1S/C24H30N4O4/c1-3-27(4-2)23(30)18-8-10-20(11-9-18)25-17-22(29)26-21-7-5-6-19(16-21)24(31)28-12-14-32-15-13-28/h5-11,16,25H,3-4,12-15,17H2,1-2H3,(H,26,29). The maximum Gasteiger partial charge on any atom is 0.254 e. The quantitative estimate of drug-likeness (QED) is 0.661. The van der Waals surface area contributed by atoms with Crippen molar-refractivity contribution in [1.29, 1.82) is 0 Å². The molecule has 0 bridgehead atoms. The van der Waals surface area contributed by atoms with Crippen LogP contribution >= 0.6 is 0 Å². The molecule has 0 saturated carbocycles. The average Bonchev–Trinajstić information content (AvgIpc) is 2.84. The molecule has 32 heavy (non-hydrogen) atoms. The smallest absolute Gasteiger partial charge is 0.254 e. The Kier molecular flexibility index (Phi) is 8.21. The first-order valence-electron chi connectivity index (χ1n) is 10.9. The highest BCUT2D eigenvalue weighted by molar-refractivity contribution is 5.98. The second kappa shape index (κ2) is 11.3. The second-order valence-electron chi connectivity index (χ2n) is 7.44. The lowest BCUT2D eigenvalue weighted by atomic mass is 10.1. The third kappa shape index (κ3) is 6.07. The molecular weight excluding hydrogens is 408 g/mol. The third-order valence-corrected chi connectivity index (χ3v) is 5.33. The number of nitrogens with zero attached hydrogens (tertiary/aromatic N) is 2. The first-order valence-corrected chi connectivity index (χ1v) is 10.9. The van der Waals surface area contributed by atoms with Gasteiger partial charge >= 0.3 is 0 Å². The first kappa shape index (κ1) is 23.3. The Morgan fingerprint density at radius 1 is 0.938 bits per heavy atom. The van der Waals surface area contributed by atoms with Gasteiger partial charge in [0.15, 0.2) is 0 Å². The van der Waals surface area contributed by atoms with Gasteiger partial charge in [-0.1, -0.05) is 6.07 Å². The van der Waals surface area contributed by atoms with Crippen molar-refractivity contribution in [3.63, 3.8) is 0 Å². The Bertz CT molecular complexity index is 935. The lowest BCUT2D eigenvalue weighted by molar-refractivity contribution is -0.114. The number of morpholine rings is 1. The maximum atomic E-state index is 12.6. The number of ether oxygens (including phenoxy) is 1. The van der Waals surface area contributed by atoms with E-state index in [1.807, 2.05) is 13.8 Å². The van der Waals surface area contributed by atoms with Gasteiger partial charge in [-0.25, -0.2) is 0 Å². The average molecular weight is 439 g/mol. The van der Waals surface area contributed by atoms with Gasteiger partial charge in [-0.15, -0.1) is 0 Å². The molecular formula is C24H30N4O4.